The molecule has 0 fully saturated rings. The number of amides is 1. The number of rotatable bonds is 3. The van der Waals surface area contributed by atoms with Crippen molar-refractivity contribution in [2.45, 2.75) is 13.0 Å². The number of anilines is 1. The molecule has 3 nitrogen and oxygen atoms in total. The lowest BCUT2D eigenvalue weighted by molar-refractivity contribution is 0.0940. The summed E-state index contributed by atoms with van der Waals surface area (Å²) in [4.78, 5) is 13.2. The molecule has 1 unspecified atom stereocenters. The van der Waals surface area contributed by atoms with Gasteiger partial charge in [0.25, 0.3) is 5.91 Å². The number of carbonyl (C=O) groups excluding carboxylic acids is 1. The van der Waals surface area contributed by atoms with Crippen LogP contribution in [0.1, 0.15) is 28.2 Å². The molecule has 1 aromatic heterocycles. The Kier molecular flexibility index (Phi) is 4.04. The maximum absolute atomic E-state index is 12.0. The van der Waals surface area contributed by atoms with Crippen molar-refractivity contribution in [3.8, 4) is 0 Å². The Balaban J connectivity index is 2.10. The highest BCUT2D eigenvalue weighted by atomic mass is 79.9. The molecule has 2 aromatic rings. The molecule has 94 valence electrons. The molecule has 1 heterocycles. The molecule has 0 saturated heterocycles. The van der Waals surface area contributed by atoms with E-state index in [0.29, 0.717) is 11.3 Å². The molecular weight excluding hydrogens is 312 g/mol. The molecular formula is C13H13BrN2OS. The number of nitrogens with one attached hydrogen (secondary N) is 1. The van der Waals surface area contributed by atoms with Crippen molar-refractivity contribution in [3.05, 3.63) is 50.6 Å². The van der Waals surface area contributed by atoms with Crippen molar-refractivity contribution < 1.29 is 4.79 Å². The van der Waals surface area contributed by atoms with Gasteiger partial charge in [0.15, 0.2) is 0 Å². The van der Waals surface area contributed by atoms with Crippen molar-refractivity contribution in [2.75, 3.05) is 5.73 Å². The average molecular weight is 325 g/mol. The minimum absolute atomic E-state index is 0.00817. The van der Waals surface area contributed by atoms with Gasteiger partial charge in [-0.05, 0) is 52.5 Å². The number of carbonyl (C=O) groups is 1. The Morgan fingerprint density at radius 1 is 1.44 bits per heavy atom. The molecule has 1 amide bonds. The summed E-state index contributed by atoms with van der Waals surface area (Å²) in [6, 6.07) is 9.16. The maximum Gasteiger partial charge on any atom is 0.251 e. The Labute approximate surface area is 118 Å². The molecule has 1 aromatic carbocycles. The summed E-state index contributed by atoms with van der Waals surface area (Å²) >= 11 is 4.95. The van der Waals surface area contributed by atoms with Crippen LogP contribution in [0.25, 0.3) is 0 Å². The second-order valence-electron chi connectivity index (χ2n) is 3.95. The normalized spacial score (nSPS) is 12.1. The van der Waals surface area contributed by atoms with E-state index < -0.39 is 0 Å². The first-order chi connectivity index (χ1) is 8.58. The van der Waals surface area contributed by atoms with Gasteiger partial charge in [-0.25, -0.2) is 0 Å². The van der Waals surface area contributed by atoms with Gasteiger partial charge in [-0.3, -0.25) is 4.79 Å². The number of nitrogens with two attached hydrogens (primary N) is 1. The molecule has 0 aliphatic carbocycles. The fourth-order valence-electron chi connectivity index (χ4n) is 1.56. The van der Waals surface area contributed by atoms with E-state index in [9.17, 15) is 4.79 Å². The molecule has 3 N–H and O–H groups in total. The van der Waals surface area contributed by atoms with E-state index >= 15 is 0 Å². The van der Waals surface area contributed by atoms with E-state index in [4.69, 9.17) is 5.73 Å². The first kappa shape index (κ1) is 13.1. The summed E-state index contributed by atoms with van der Waals surface area (Å²) in [5.41, 5.74) is 6.91. The Hall–Kier alpha value is -1.33. The van der Waals surface area contributed by atoms with Crippen LogP contribution in [0.5, 0.6) is 0 Å². The van der Waals surface area contributed by atoms with Crippen LogP contribution >= 0.6 is 27.3 Å². The number of thiophene rings is 1. The molecule has 0 bridgehead atoms. The molecule has 0 radical (unpaired) electrons. The average Bonchev–Trinajstić information content (AvgIpc) is 2.86. The van der Waals surface area contributed by atoms with Crippen molar-refractivity contribution in [1.82, 2.24) is 5.32 Å². The van der Waals surface area contributed by atoms with Gasteiger partial charge in [-0.2, -0.15) is 0 Å². The van der Waals surface area contributed by atoms with Crippen molar-refractivity contribution in [1.29, 1.82) is 0 Å². The van der Waals surface area contributed by atoms with Gasteiger partial charge in [0.1, 0.15) is 0 Å². The van der Waals surface area contributed by atoms with Gasteiger partial charge in [0, 0.05) is 20.6 Å². The fraction of sp³-hybridized carbons (Fsp3) is 0.154. The lowest BCUT2D eigenvalue weighted by atomic mass is 10.2. The first-order valence-corrected chi connectivity index (χ1v) is 7.14. The van der Waals surface area contributed by atoms with E-state index in [2.05, 4.69) is 21.2 Å². The lowest BCUT2D eigenvalue weighted by Gasteiger charge is -2.12. The van der Waals surface area contributed by atoms with Gasteiger partial charge in [-0.1, -0.05) is 6.07 Å². The van der Waals surface area contributed by atoms with Crippen LogP contribution in [0.15, 0.2) is 40.2 Å². The van der Waals surface area contributed by atoms with Gasteiger partial charge in [0.05, 0.1) is 6.04 Å². The summed E-state index contributed by atoms with van der Waals surface area (Å²) in [6.07, 6.45) is 0. The standard InChI is InChI=1S/C13H13BrN2OS/c1-8(12-3-2-6-18-12)16-13(17)9-4-5-11(15)10(14)7-9/h2-8H,15H2,1H3,(H,16,17). The molecule has 18 heavy (non-hydrogen) atoms. The number of halogens is 1. The molecule has 5 heteroatoms. The van der Waals surface area contributed by atoms with Crippen molar-refractivity contribution >= 4 is 38.9 Å². The minimum atomic E-state index is -0.100. The minimum Gasteiger partial charge on any atom is -0.398 e. The SMILES string of the molecule is CC(NC(=O)c1ccc(N)c(Br)c1)c1cccs1. The number of hydrogen-bond acceptors (Lipinski definition) is 3. The summed E-state index contributed by atoms with van der Waals surface area (Å²) in [5.74, 6) is -0.100. The molecule has 2 rings (SSSR count). The topological polar surface area (TPSA) is 55.1 Å². The summed E-state index contributed by atoms with van der Waals surface area (Å²) in [5, 5.41) is 4.95. The molecule has 0 saturated carbocycles. The maximum atomic E-state index is 12.0. The van der Waals surface area contributed by atoms with Crippen LogP contribution in [0.2, 0.25) is 0 Å². The Bertz CT molecular complexity index is 554. The number of nitrogen functional groups attached to an aromatic ring is 1. The Morgan fingerprint density at radius 2 is 2.22 bits per heavy atom. The fourth-order valence-corrected chi connectivity index (χ4v) is 2.67. The largest absolute Gasteiger partial charge is 0.398 e. The number of benzene rings is 1. The zero-order chi connectivity index (χ0) is 13.1. The zero-order valence-electron chi connectivity index (χ0n) is 9.81. The van der Waals surface area contributed by atoms with Gasteiger partial charge >= 0.3 is 0 Å². The Morgan fingerprint density at radius 3 is 2.83 bits per heavy atom. The monoisotopic (exact) mass is 324 g/mol. The highest BCUT2D eigenvalue weighted by Crippen LogP contribution is 2.22. The van der Waals surface area contributed by atoms with Gasteiger partial charge < -0.3 is 11.1 Å². The smallest absolute Gasteiger partial charge is 0.251 e. The van der Waals surface area contributed by atoms with E-state index in [1.165, 1.54) is 0 Å². The van der Waals surface area contributed by atoms with Crippen LogP contribution in [0, 0.1) is 0 Å². The summed E-state index contributed by atoms with van der Waals surface area (Å²) in [7, 11) is 0. The predicted molar refractivity (Wildman–Crippen MR) is 78.8 cm³/mol. The van der Waals surface area contributed by atoms with E-state index in [1.54, 1.807) is 29.5 Å². The summed E-state index contributed by atoms with van der Waals surface area (Å²) < 4.78 is 0.735. The quantitative estimate of drug-likeness (QED) is 0.848. The third-order valence-corrected chi connectivity index (χ3v) is 4.32. The van der Waals surface area contributed by atoms with Gasteiger partial charge in [0.2, 0.25) is 0 Å². The highest BCUT2D eigenvalue weighted by molar-refractivity contribution is 9.10. The second-order valence-corrected chi connectivity index (χ2v) is 5.78. The van der Waals surface area contributed by atoms with E-state index in [1.807, 2.05) is 24.4 Å². The molecule has 0 spiro atoms. The van der Waals surface area contributed by atoms with Crippen LogP contribution in [0.3, 0.4) is 0 Å². The van der Waals surface area contributed by atoms with E-state index in [0.717, 1.165) is 9.35 Å². The third kappa shape index (κ3) is 2.91. The lowest BCUT2D eigenvalue weighted by Crippen LogP contribution is -2.26. The van der Waals surface area contributed by atoms with E-state index in [-0.39, 0.29) is 11.9 Å². The van der Waals surface area contributed by atoms with Crippen LogP contribution in [-0.4, -0.2) is 5.91 Å². The third-order valence-electron chi connectivity index (χ3n) is 2.58. The van der Waals surface area contributed by atoms with Crippen LogP contribution in [-0.2, 0) is 0 Å². The molecule has 0 aliphatic heterocycles. The highest BCUT2D eigenvalue weighted by Gasteiger charge is 2.12. The predicted octanol–water partition coefficient (Wildman–Crippen LogP) is 3.58. The zero-order valence-corrected chi connectivity index (χ0v) is 12.2. The van der Waals surface area contributed by atoms with Crippen molar-refractivity contribution in [3.63, 3.8) is 0 Å². The molecule has 1 atom stereocenters. The van der Waals surface area contributed by atoms with Crippen LogP contribution < -0.4 is 11.1 Å². The number of hydrogen-bond donors (Lipinski definition) is 2. The van der Waals surface area contributed by atoms with Crippen molar-refractivity contribution in [2.24, 2.45) is 0 Å². The van der Waals surface area contributed by atoms with Gasteiger partial charge in [-0.15, -0.1) is 11.3 Å². The summed E-state index contributed by atoms with van der Waals surface area (Å²) in [6.45, 7) is 1.97. The van der Waals surface area contributed by atoms with Crippen LogP contribution in [0.4, 0.5) is 5.69 Å². The molecule has 0 aliphatic rings. The first-order valence-electron chi connectivity index (χ1n) is 5.47. The second kappa shape index (κ2) is 5.54.